The van der Waals surface area contributed by atoms with Gasteiger partial charge in [0.1, 0.15) is 0 Å². The van der Waals surface area contributed by atoms with Crippen molar-refractivity contribution in [1.82, 2.24) is 0 Å². The Hall–Kier alpha value is -0.710. The van der Waals surface area contributed by atoms with Gasteiger partial charge in [-0.25, -0.2) is 0 Å². The van der Waals surface area contributed by atoms with Gasteiger partial charge in [0.2, 0.25) is 0 Å². The molecule has 0 aromatic heterocycles. The first-order chi connectivity index (χ1) is 10.3. The zero-order valence-corrected chi connectivity index (χ0v) is 15.9. The summed E-state index contributed by atoms with van der Waals surface area (Å²) in [4.78, 5) is 9.98. The molecule has 1 aromatic rings. The van der Waals surface area contributed by atoms with Crippen molar-refractivity contribution in [3.8, 4) is 0 Å². The second-order valence-electron chi connectivity index (χ2n) is 7.90. The van der Waals surface area contributed by atoms with E-state index in [0.29, 0.717) is 5.56 Å². The van der Waals surface area contributed by atoms with E-state index >= 15 is 0 Å². The van der Waals surface area contributed by atoms with E-state index in [4.69, 9.17) is 10.3 Å². The molecule has 0 radical (unpaired) electrons. The number of hydrogen-bond donors (Lipinski definition) is 3. The van der Waals surface area contributed by atoms with Crippen LogP contribution < -0.4 is 5.73 Å². The van der Waals surface area contributed by atoms with Gasteiger partial charge in [-0.3, -0.25) is 4.57 Å². The van der Waals surface area contributed by atoms with Crippen LogP contribution in [0.2, 0.25) is 0 Å². The van der Waals surface area contributed by atoms with Crippen LogP contribution in [0, 0.1) is 0 Å². The summed E-state index contributed by atoms with van der Waals surface area (Å²) in [5.74, 6) is -1.59. The van der Waals surface area contributed by atoms with Crippen LogP contribution in [0.15, 0.2) is 18.2 Å². The Morgan fingerprint density at radius 2 is 1.52 bits per heavy atom. The highest BCUT2D eigenvalue weighted by Crippen LogP contribution is 2.55. The summed E-state index contributed by atoms with van der Waals surface area (Å²) in [6.45, 7) is 12.4. The number of hydrogen-bond acceptors (Lipinski definition) is 4. The van der Waals surface area contributed by atoms with Crippen molar-refractivity contribution in [2.45, 2.75) is 58.2 Å². The van der Waals surface area contributed by atoms with E-state index in [9.17, 15) is 14.6 Å². The molecule has 1 rings (SSSR count). The Morgan fingerprint density at radius 3 is 1.87 bits per heavy atom. The minimum absolute atomic E-state index is 0.0735. The third-order valence-electron chi connectivity index (χ3n) is 3.69. The second kappa shape index (κ2) is 7.04. The van der Waals surface area contributed by atoms with Gasteiger partial charge in [0, 0.05) is 6.54 Å². The van der Waals surface area contributed by atoms with E-state index in [1.807, 2.05) is 0 Å². The molecule has 2 atom stereocenters. The topological polar surface area (TPSA) is 92.8 Å². The molecule has 23 heavy (non-hydrogen) atoms. The molecule has 132 valence electrons. The molecule has 0 saturated carbocycles. The zero-order valence-electron chi connectivity index (χ0n) is 15.0. The van der Waals surface area contributed by atoms with E-state index in [0.717, 1.165) is 11.1 Å². The van der Waals surface area contributed by atoms with Gasteiger partial charge in [-0.1, -0.05) is 59.7 Å². The number of benzene rings is 1. The normalized spacial score (nSPS) is 16.9. The smallest absolute Gasteiger partial charge is 0.360 e. The SMILES string of the molecule is CC(C)(C)c1cc(C(O)P(=O)(O)OCCN)cc(C(C)(C)C)c1. The van der Waals surface area contributed by atoms with Gasteiger partial charge in [0.15, 0.2) is 5.85 Å². The summed E-state index contributed by atoms with van der Waals surface area (Å²) in [6, 6.07) is 5.63. The Bertz CT molecular complexity index is 555. The molecule has 6 heteroatoms. The van der Waals surface area contributed by atoms with Gasteiger partial charge in [0.05, 0.1) is 6.61 Å². The van der Waals surface area contributed by atoms with Crippen molar-refractivity contribution < 1.29 is 19.1 Å². The predicted octanol–water partition coefficient (Wildman–Crippen LogP) is 3.43. The molecule has 2 unspecified atom stereocenters. The molecular weight excluding hydrogens is 313 g/mol. The van der Waals surface area contributed by atoms with Gasteiger partial charge in [-0.15, -0.1) is 0 Å². The van der Waals surface area contributed by atoms with E-state index < -0.39 is 13.4 Å². The Kier molecular flexibility index (Phi) is 6.22. The van der Waals surface area contributed by atoms with Gasteiger partial charge >= 0.3 is 7.60 Å². The maximum atomic E-state index is 12.2. The molecule has 0 fully saturated rings. The lowest BCUT2D eigenvalue weighted by molar-refractivity contribution is 0.175. The minimum Gasteiger partial charge on any atom is -0.376 e. The van der Waals surface area contributed by atoms with Crippen LogP contribution in [-0.2, 0) is 19.9 Å². The lowest BCUT2D eigenvalue weighted by Crippen LogP contribution is -2.18. The van der Waals surface area contributed by atoms with Gasteiger partial charge in [-0.05, 0) is 27.5 Å². The molecule has 0 aliphatic rings. The summed E-state index contributed by atoms with van der Waals surface area (Å²) >= 11 is 0. The van der Waals surface area contributed by atoms with Crippen LogP contribution in [-0.4, -0.2) is 23.2 Å². The minimum atomic E-state index is -4.19. The van der Waals surface area contributed by atoms with Crippen LogP contribution in [0.5, 0.6) is 0 Å². The molecule has 4 N–H and O–H groups in total. The third-order valence-corrected chi connectivity index (χ3v) is 5.16. The maximum Gasteiger partial charge on any atom is 0.360 e. The fraction of sp³-hybridized carbons (Fsp3) is 0.647. The first-order valence-electron chi connectivity index (χ1n) is 7.80. The zero-order chi connectivity index (χ0) is 18.1. The molecule has 0 spiro atoms. The van der Waals surface area contributed by atoms with Crippen molar-refractivity contribution >= 4 is 7.60 Å². The van der Waals surface area contributed by atoms with E-state index in [2.05, 4.69) is 47.6 Å². The quantitative estimate of drug-likeness (QED) is 0.712. The Morgan fingerprint density at radius 1 is 1.09 bits per heavy atom. The monoisotopic (exact) mass is 343 g/mol. The second-order valence-corrected chi connectivity index (χ2v) is 9.78. The number of aliphatic hydroxyl groups is 1. The number of aliphatic hydroxyl groups excluding tert-OH is 1. The molecule has 1 aromatic carbocycles. The Labute approximate surface area is 139 Å². The molecule has 0 aliphatic heterocycles. The van der Waals surface area contributed by atoms with Crippen molar-refractivity contribution in [2.75, 3.05) is 13.2 Å². The lowest BCUT2D eigenvalue weighted by Gasteiger charge is -2.28. The summed E-state index contributed by atoms with van der Waals surface area (Å²) < 4.78 is 17.1. The van der Waals surface area contributed by atoms with Crippen molar-refractivity contribution in [1.29, 1.82) is 0 Å². The van der Waals surface area contributed by atoms with Crippen LogP contribution in [0.25, 0.3) is 0 Å². The van der Waals surface area contributed by atoms with Gasteiger partial charge in [-0.2, -0.15) is 0 Å². The first-order valence-corrected chi connectivity index (χ1v) is 9.45. The summed E-state index contributed by atoms with van der Waals surface area (Å²) in [7, 11) is -4.19. The third kappa shape index (κ3) is 5.40. The first kappa shape index (κ1) is 20.3. The predicted molar refractivity (Wildman–Crippen MR) is 93.6 cm³/mol. The van der Waals surface area contributed by atoms with Crippen LogP contribution in [0.3, 0.4) is 0 Å². The highest BCUT2D eigenvalue weighted by atomic mass is 31.2. The average Bonchev–Trinajstić information content (AvgIpc) is 2.42. The Balaban J connectivity index is 3.38. The maximum absolute atomic E-state index is 12.2. The molecular formula is C17H30NO4P. The van der Waals surface area contributed by atoms with Crippen LogP contribution in [0.1, 0.15) is 64.1 Å². The fourth-order valence-corrected chi connectivity index (χ4v) is 3.14. The van der Waals surface area contributed by atoms with Gasteiger partial charge < -0.3 is 20.3 Å². The van der Waals surface area contributed by atoms with E-state index in [1.165, 1.54) is 0 Å². The number of rotatable bonds is 5. The molecule has 0 aliphatic carbocycles. The van der Waals surface area contributed by atoms with Crippen molar-refractivity contribution in [3.05, 3.63) is 34.9 Å². The fourth-order valence-electron chi connectivity index (χ4n) is 2.11. The van der Waals surface area contributed by atoms with Crippen molar-refractivity contribution in [3.63, 3.8) is 0 Å². The van der Waals surface area contributed by atoms with Crippen LogP contribution in [0.4, 0.5) is 0 Å². The highest BCUT2D eigenvalue weighted by molar-refractivity contribution is 7.53. The largest absolute Gasteiger partial charge is 0.376 e. The summed E-state index contributed by atoms with van der Waals surface area (Å²) in [5.41, 5.74) is 7.40. The lowest BCUT2D eigenvalue weighted by atomic mass is 9.79. The molecule has 0 saturated heterocycles. The summed E-state index contributed by atoms with van der Waals surface area (Å²) in [5, 5.41) is 10.4. The van der Waals surface area contributed by atoms with Gasteiger partial charge in [0.25, 0.3) is 0 Å². The standard InChI is InChI=1S/C17H30NO4P/c1-16(2,3)13-9-12(10-14(11-13)17(4,5)6)15(19)23(20,21)22-8-7-18/h9-11,15,19H,7-8,18H2,1-6H3,(H,20,21). The van der Waals surface area contributed by atoms with Crippen molar-refractivity contribution in [2.24, 2.45) is 5.73 Å². The van der Waals surface area contributed by atoms with Crippen LogP contribution >= 0.6 is 7.60 Å². The van der Waals surface area contributed by atoms with E-state index in [-0.39, 0.29) is 24.0 Å². The molecule has 0 amide bonds. The molecule has 0 heterocycles. The average molecular weight is 343 g/mol. The molecule has 0 bridgehead atoms. The summed E-state index contributed by atoms with van der Waals surface area (Å²) in [6.07, 6.45) is 0. The molecule has 5 nitrogen and oxygen atoms in total. The number of nitrogens with two attached hydrogens (primary N) is 1. The highest BCUT2D eigenvalue weighted by Gasteiger charge is 2.33. The van der Waals surface area contributed by atoms with E-state index in [1.54, 1.807) is 12.1 Å².